The highest BCUT2D eigenvalue weighted by atomic mass is 16.4. The van der Waals surface area contributed by atoms with Gasteiger partial charge in [-0.15, -0.1) is 0 Å². The van der Waals surface area contributed by atoms with Crippen LogP contribution in [0.4, 0.5) is 0 Å². The van der Waals surface area contributed by atoms with Crippen molar-refractivity contribution in [3.05, 3.63) is 35.4 Å². The van der Waals surface area contributed by atoms with E-state index in [4.69, 9.17) is 10.8 Å². The van der Waals surface area contributed by atoms with Crippen molar-refractivity contribution in [2.75, 3.05) is 6.54 Å². The Labute approximate surface area is 98.8 Å². The molecule has 5 nitrogen and oxygen atoms in total. The van der Waals surface area contributed by atoms with E-state index in [1.807, 2.05) is 24.3 Å². The number of amides is 1. The van der Waals surface area contributed by atoms with Gasteiger partial charge in [0.25, 0.3) is 0 Å². The first-order chi connectivity index (χ1) is 8.08. The summed E-state index contributed by atoms with van der Waals surface area (Å²) in [6.45, 7) is 0.00980. The number of nitrogens with two attached hydrogens (primary N) is 1. The fourth-order valence-corrected chi connectivity index (χ4v) is 2.05. The third-order valence-electron chi connectivity index (χ3n) is 2.87. The molecule has 1 aromatic carbocycles. The molecule has 90 valence electrons. The van der Waals surface area contributed by atoms with Crippen LogP contribution < -0.4 is 5.73 Å². The maximum atomic E-state index is 11.9. The molecule has 1 heterocycles. The molecule has 1 unspecified atom stereocenters. The van der Waals surface area contributed by atoms with Crippen molar-refractivity contribution in [3.63, 3.8) is 0 Å². The quantitative estimate of drug-likeness (QED) is 0.753. The Balaban J connectivity index is 2.31. The Kier molecular flexibility index (Phi) is 3.10. The van der Waals surface area contributed by atoms with Crippen LogP contribution in [-0.4, -0.2) is 34.5 Å². The molecule has 0 spiro atoms. The average Bonchev–Trinajstić information content (AvgIpc) is 2.38. The van der Waals surface area contributed by atoms with E-state index < -0.39 is 12.0 Å². The summed E-state index contributed by atoms with van der Waals surface area (Å²) in [5.41, 5.74) is 7.76. The molecular formula is C12H14N2O3. The zero-order chi connectivity index (χ0) is 12.4. The number of carbonyl (C=O) groups is 2. The van der Waals surface area contributed by atoms with E-state index in [1.54, 1.807) is 0 Å². The maximum Gasteiger partial charge on any atom is 0.323 e. The number of carboxylic acid groups (broad SMARTS) is 1. The van der Waals surface area contributed by atoms with Gasteiger partial charge in [0.2, 0.25) is 5.91 Å². The lowest BCUT2D eigenvalue weighted by atomic mass is 10.0. The minimum Gasteiger partial charge on any atom is -0.480 e. The number of rotatable bonds is 2. The van der Waals surface area contributed by atoms with Crippen LogP contribution in [0.25, 0.3) is 0 Å². The van der Waals surface area contributed by atoms with Gasteiger partial charge in [-0.3, -0.25) is 9.59 Å². The second-order valence-electron chi connectivity index (χ2n) is 4.17. The van der Waals surface area contributed by atoms with Crippen molar-refractivity contribution in [2.24, 2.45) is 5.73 Å². The Morgan fingerprint density at radius 3 is 2.71 bits per heavy atom. The lowest BCUT2D eigenvalue weighted by Gasteiger charge is -2.20. The van der Waals surface area contributed by atoms with Crippen molar-refractivity contribution >= 4 is 11.9 Å². The number of carboxylic acids is 1. The normalized spacial score (nSPS) is 19.7. The van der Waals surface area contributed by atoms with Crippen molar-refractivity contribution < 1.29 is 14.7 Å². The van der Waals surface area contributed by atoms with Gasteiger partial charge < -0.3 is 15.7 Å². The molecule has 0 bridgehead atoms. The highest BCUT2D eigenvalue weighted by Crippen LogP contribution is 2.18. The van der Waals surface area contributed by atoms with Gasteiger partial charge in [-0.1, -0.05) is 24.3 Å². The van der Waals surface area contributed by atoms with Crippen LogP contribution in [0.3, 0.4) is 0 Å². The maximum absolute atomic E-state index is 11.9. The minimum absolute atomic E-state index is 0.302. The van der Waals surface area contributed by atoms with Gasteiger partial charge in [0.05, 0.1) is 6.04 Å². The van der Waals surface area contributed by atoms with Crippen LogP contribution in [0, 0.1) is 0 Å². The third kappa shape index (κ3) is 2.45. The predicted molar refractivity (Wildman–Crippen MR) is 61.2 cm³/mol. The highest BCUT2D eigenvalue weighted by molar-refractivity contribution is 5.86. The molecule has 2 rings (SSSR count). The van der Waals surface area contributed by atoms with Gasteiger partial charge in [0.1, 0.15) is 6.54 Å². The first-order valence-electron chi connectivity index (χ1n) is 5.41. The summed E-state index contributed by atoms with van der Waals surface area (Å²) in [5, 5.41) is 8.77. The summed E-state index contributed by atoms with van der Waals surface area (Å²) >= 11 is 0. The van der Waals surface area contributed by atoms with E-state index >= 15 is 0 Å². The van der Waals surface area contributed by atoms with E-state index in [9.17, 15) is 9.59 Å². The Morgan fingerprint density at radius 1 is 1.41 bits per heavy atom. The van der Waals surface area contributed by atoms with Crippen molar-refractivity contribution in [2.45, 2.75) is 19.0 Å². The number of benzene rings is 1. The molecule has 1 atom stereocenters. The van der Waals surface area contributed by atoms with Gasteiger partial charge in [-0.25, -0.2) is 0 Å². The van der Waals surface area contributed by atoms with Crippen LogP contribution in [0.5, 0.6) is 0 Å². The molecule has 1 aromatic rings. The minimum atomic E-state index is -1.02. The molecule has 1 amide bonds. The SMILES string of the molecule is NC1Cc2ccccc2CN(CC(=O)O)C1=O. The molecule has 0 radical (unpaired) electrons. The largest absolute Gasteiger partial charge is 0.480 e. The predicted octanol–water partition coefficient (Wildman–Crippen LogP) is -0.0168. The summed E-state index contributed by atoms with van der Waals surface area (Å²) in [6, 6.07) is 6.93. The van der Waals surface area contributed by atoms with Gasteiger partial charge in [-0.2, -0.15) is 0 Å². The smallest absolute Gasteiger partial charge is 0.323 e. The van der Waals surface area contributed by atoms with Gasteiger partial charge in [-0.05, 0) is 17.5 Å². The molecule has 0 saturated carbocycles. The molecule has 1 aliphatic rings. The van der Waals surface area contributed by atoms with E-state index in [-0.39, 0.29) is 12.5 Å². The van der Waals surface area contributed by atoms with Crippen LogP contribution in [0.1, 0.15) is 11.1 Å². The van der Waals surface area contributed by atoms with E-state index in [0.29, 0.717) is 13.0 Å². The molecular weight excluding hydrogens is 220 g/mol. The molecule has 5 heteroatoms. The number of carbonyl (C=O) groups excluding carboxylic acids is 1. The Bertz CT molecular complexity index is 459. The molecule has 3 N–H and O–H groups in total. The second-order valence-corrected chi connectivity index (χ2v) is 4.17. The van der Waals surface area contributed by atoms with E-state index in [1.165, 1.54) is 4.90 Å². The summed E-state index contributed by atoms with van der Waals surface area (Å²) in [6.07, 6.45) is 0.463. The summed E-state index contributed by atoms with van der Waals surface area (Å²) in [4.78, 5) is 23.9. The molecule has 0 aromatic heterocycles. The number of aliphatic carboxylic acids is 1. The number of fused-ring (bicyclic) bond motifs is 1. The van der Waals surface area contributed by atoms with Crippen molar-refractivity contribution in [3.8, 4) is 0 Å². The molecule has 1 aliphatic heterocycles. The lowest BCUT2D eigenvalue weighted by molar-refractivity contribution is -0.145. The fraction of sp³-hybridized carbons (Fsp3) is 0.333. The van der Waals surface area contributed by atoms with Gasteiger partial charge in [0, 0.05) is 6.54 Å². The van der Waals surface area contributed by atoms with Crippen LogP contribution in [0.15, 0.2) is 24.3 Å². The molecule has 0 saturated heterocycles. The highest BCUT2D eigenvalue weighted by Gasteiger charge is 2.27. The first-order valence-corrected chi connectivity index (χ1v) is 5.41. The Morgan fingerprint density at radius 2 is 2.06 bits per heavy atom. The van der Waals surface area contributed by atoms with Crippen LogP contribution in [0.2, 0.25) is 0 Å². The van der Waals surface area contributed by atoms with Gasteiger partial charge >= 0.3 is 5.97 Å². The van der Waals surface area contributed by atoms with Gasteiger partial charge in [0.15, 0.2) is 0 Å². The molecule has 0 fully saturated rings. The van der Waals surface area contributed by atoms with Crippen LogP contribution in [-0.2, 0) is 22.6 Å². The topological polar surface area (TPSA) is 83.6 Å². The molecule has 0 aliphatic carbocycles. The fourth-order valence-electron chi connectivity index (χ4n) is 2.05. The van der Waals surface area contributed by atoms with E-state index in [0.717, 1.165) is 11.1 Å². The lowest BCUT2D eigenvalue weighted by Crippen LogP contribution is -2.44. The standard InChI is InChI=1S/C12H14N2O3/c13-10-5-8-3-1-2-4-9(8)6-14(12(10)17)7-11(15)16/h1-4,10H,5-7,13H2,(H,15,16). The number of hydrogen-bond acceptors (Lipinski definition) is 3. The monoisotopic (exact) mass is 234 g/mol. The summed E-state index contributed by atoms with van der Waals surface area (Å²) < 4.78 is 0. The third-order valence-corrected chi connectivity index (χ3v) is 2.87. The van der Waals surface area contributed by atoms with Crippen LogP contribution >= 0.6 is 0 Å². The van der Waals surface area contributed by atoms with Crippen molar-refractivity contribution in [1.82, 2.24) is 4.90 Å². The molecule has 17 heavy (non-hydrogen) atoms. The van der Waals surface area contributed by atoms with E-state index in [2.05, 4.69) is 0 Å². The average molecular weight is 234 g/mol. The number of nitrogens with zero attached hydrogens (tertiary/aromatic N) is 1. The first kappa shape index (κ1) is 11.6. The zero-order valence-electron chi connectivity index (χ0n) is 9.30. The summed E-state index contributed by atoms with van der Waals surface area (Å²) in [7, 11) is 0. The Hall–Kier alpha value is -1.88. The van der Waals surface area contributed by atoms with Crippen molar-refractivity contribution in [1.29, 1.82) is 0 Å². The summed E-state index contributed by atoms with van der Waals surface area (Å²) in [5.74, 6) is -1.33. The number of hydrogen-bond donors (Lipinski definition) is 2. The zero-order valence-corrected chi connectivity index (χ0v) is 9.30. The second kappa shape index (κ2) is 4.55.